The van der Waals surface area contributed by atoms with Crippen LogP contribution in [0, 0.1) is 0 Å². The van der Waals surface area contributed by atoms with Crippen molar-refractivity contribution >= 4 is 17.8 Å². The number of methoxy groups -OCH3 is 1. The summed E-state index contributed by atoms with van der Waals surface area (Å²) < 4.78 is 16.3. The van der Waals surface area contributed by atoms with Gasteiger partial charge in [-0.25, -0.2) is 4.79 Å². The Morgan fingerprint density at radius 2 is 2.03 bits per heavy atom. The average molecular weight is 387 g/mol. The second-order valence-corrected chi connectivity index (χ2v) is 6.36. The van der Waals surface area contributed by atoms with Crippen LogP contribution in [0.1, 0.15) is 31.8 Å². The number of aromatic nitrogens is 1. The fourth-order valence-electron chi connectivity index (χ4n) is 2.94. The third-order valence-electron chi connectivity index (χ3n) is 4.38. The number of ketones is 1. The molecule has 144 valence electrons. The predicted octanol–water partition coefficient (Wildman–Crippen LogP) is 4.06. The first kappa shape index (κ1) is 18.4. The fourth-order valence-corrected chi connectivity index (χ4v) is 2.94. The third kappa shape index (κ3) is 4.01. The van der Waals surface area contributed by atoms with Gasteiger partial charge in [-0.2, -0.15) is 0 Å². The van der Waals surface area contributed by atoms with E-state index in [2.05, 4.69) is 4.98 Å². The molecule has 3 aromatic rings. The molecular weight excluding hydrogens is 370 g/mol. The topological polar surface area (TPSA) is 74.7 Å². The summed E-state index contributed by atoms with van der Waals surface area (Å²) in [7, 11) is 1.34. The molecule has 0 radical (unpaired) electrons. The van der Waals surface area contributed by atoms with Gasteiger partial charge in [0.25, 0.3) is 0 Å². The second-order valence-electron chi connectivity index (χ2n) is 6.36. The highest BCUT2D eigenvalue weighted by molar-refractivity contribution is 6.14. The summed E-state index contributed by atoms with van der Waals surface area (Å²) >= 11 is 0. The van der Waals surface area contributed by atoms with Crippen LogP contribution in [0.2, 0.25) is 0 Å². The lowest BCUT2D eigenvalue weighted by molar-refractivity contribution is 0.0600. The molecular formula is C23H17NO5. The molecule has 2 heterocycles. The lowest BCUT2D eigenvalue weighted by Gasteiger charge is -2.08. The number of carbonyl (C=O) groups is 2. The van der Waals surface area contributed by atoms with Crippen molar-refractivity contribution in [3.8, 4) is 11.5 Å². The van der Waals surface area contributed by atoms with Crippen molar-refractivity contribution in [2.75, 3.05) is 7.11 Å². The minimum absolute atomic E-state index is 0.179. The first-order chi connectivity index (χ1) is 14.1. The first-order valence-electron chi connectivity index (χ1n) is 8.92. The van der Waals surface area contributed by atoms with Crippen molar-refractivity contribution in [1.29, 1.82) is 0 Å². The van der Waals surface area contributed by atoms with Crippen LogP contribution in [0.25, 0.3) is 6.08 Å². The van der Waals surface area contributed by atoms with E-state index in [1.165, 1.54) is 7.11 Å². The van der Waals surface area contributed by atoms with E-state index in [0.717, 1.165) is 11.1 Å². The van der Waals surface area contributed by atoms with Gasteiger partial charge in [-0.15, -0.1) is 0 Å². The van der Waals surface area contributed by atoms with Crippen LogP contribution < -0.4 is 9.47 Å². The van der Waals surface area contributed by atoms with Gasteiger partial charge in [0.1, 0.15) is 18.1 Å². The van der Waals surface area contributed by atoms with Gasteiger partial charge in [0.05, 0.1) is 18.2 Å². The summed E-state index contributed by atoms with van der Waals surface area (Å²) in [6.45, 7) is 0.260. The van der Waals surface area contributed by atoms with Crippen LogP contribution in [0.3, 0.4) is 0 Å². The van der Waals surface area contributed by atoms with Crippen molar-refractivity contribution in [3.05, 3.63) is 95.0 Å². The van der Waals surface area contributed by atoms with E-state index in [1.807, 2.05) is 12.1 Å². The summed E-state index contributed by atoms with van der Waals surface area (Å²) in [6.07, 6.45) is 4.98. The molecule has 6 heteroatoms. The van der Waals surface area contributed by atoms with Crippen molar-refractivity contribution in [2.24, 2.45) is 0 Å². The smallest absolute Gasteiger partial charge is 0.337 e. The zero-order valence-corrected chi connectivity index (χ0v) is 15.6. The Bertz CT molecular complexity index is 1110. The molecule has 0 amide bonds. The number of benzene rings is 2. The van der Waals surface area contributed by atoms with Crippen LogP contribution >= 0.6 is 0 Å². The van der Waals surface area contributed by atoms with E-state index in [-0.39, 0.29) is 18.1 Å². The van der Waals surface area contributed by atoms with E-state index in [4.69, 9.17) is 14.2 Å². The highest BCUT2D eigenvalue weighted by Gasteiger charge is 2.27. The Kier molecular flexibility index (Phi) is 5.07. The van der Waals surface area contributed by atoms with Crippen LogP contribution in [-0.2, 0) is 11.3 Å². The number of fused-ring (bicyclic) bond motifs is 1. The highest BCUT2D eigenvalue weighted by Crippen LogP contribution is 2.35. The molecule has 0 N–H and O–H groups in total. The normalized spacial score (nSPS) is 13.7. The Hall–Kier alpha value is -3.93. The number of nitrogens with zero attached hydrogens (tertiary/aromatic N) is 1. The number of hydrogen-bond acceptors (Lipinski definition) is 6. The van der Waals surface area contributed by atoms with Gasteiger partial charge in [-0.05, 0) is 47.5 Å². The summed E-state index contributed by atoms with van der Waals surface area (Å²) in [5.74, 6) is 0.676. The van der Waals surface area contributed by atoms with E-state index in [9.17, 15) is 9.59 Å². The van der Waals surface area contributed by atoms with E-state index >= 15 is 0 Å². The summed E-state index contributed by atoms with van der Waals surface area (Å²) in [5, 5.41) is 0. The standard InChI is InChI=1S/C23H17NO5/c1-27-23(26)17-6-2-4-16(10-17)14-28-18-7-8-19-20(12-18)29-21(22(19)25)11-15-5-3-9-24-13-15/h2-13H,14H2,1H3. The fraction of sp³-hybridized carbons (Fsp3) is 0.0870. The maximum atomic E-state index is 12.5. The minimum Gasteiger partial charge on any atom is -0.489 e. The lowest BCUT2D eigenvalue weighted by atomic mass is 10.1. The first-order valence-corrected chi connectivity index (χ1v) is 8.92. The molecule has 1 aliphatic heterocycles. The van der Waals surface area contributed by atoms with Gasteiger partial charge in [0.15, 0.2) is 5.76 Å². The van der Waals surface area contributed by atoms with Crippen LogP contribution in [-0.4, -0.2) is 23.8 Å². The zero-order chi connectivity index (χ0) is 20.2. The number of Topliss-reactive ketones (excluding diaryl/α,β-unsaturated/α-hetero) is 1. The lowest BCUT2D eigenvalue weighted by Crippen LogP contribution is -2.03. The number of esters is 1. The van der Waals surface area contributed by atoms with Crippen LogP contribution in [0.5, 0.6) is 11.5 Å². The summed E-state index contributed by atoms with van der Waals surface area (Å²) in [6, 6.07) is 15.7. The summed E-state index contributed by atoms with van der Waals surface area (Å²) in [4.78, 5) is 28.2. The van der Waals surface area contributed by atoms with Crippen molar-refractivity contribution in [2.45, 2.75) is 6.61 Å². The van der Waals surface area contributed by atoms with E-state index in [0.29, 0.717) is 22.6 Å². The van der Waals surface area contributed by atoms with Crippen molar-refractivity contribution < 1.29 is 23.8 Å². The SMILES string of the molecule is COC(=O)c1cccc(COc2ccc3c(c2)OC(=Cc2cccnc2)C3=O)c1. The Balaban J connectivity index is 1.48. The molecule has 0 unspecified atom stereocenters. The Morgan fingerprint density at radius 3 is 2.83 bits per heavy atom. The molecule has 0 aliphatic carbocycles. The monoisotopic (exact) mass is 387 g/mol. The quantitative estimate of drug-likeness (QED) is 0.485. The molecule has 0 atom stereocenters. The molecule has 6 nitrogen and oxygen atoms in total. The molecule has 4 rings (SSSR count). The second kappa shape index (κ2) is 7.98. The van der Waals surface area contributed by atoms with Crippen molar-refractivity contribution in [3.63, 3.8) is 0 Å². The number of hydrogen-bond donors (Lipinski definition) is 0. The molecule has 0 saturated heterocycles. The largest absolute Gasteiger partial charge is 0.489 e. The van der Waals surface area contributed by atoms with Gasteiger partial charge < -0.3 is 14.2 Å². The zero-order valence-electron chi connectivity index (χ0n) is 15.6. The molecule has 1 aromatic heterocycles. The maximum absolute atomic E-state index is 12.5. The Morgan fingerprint density at radius 1 is 1.14 bits per heavy atom. The predicted molar refractivity (Wildman–Crippen MR) is 106 cm³/mol. The molecule has 2 aromatic carbocycles. The highest BCUT2D eigenvalue weighted by atomic mass is 16.5. The minimum atomic E-state index is -0.399. The van der Waals surface area contributed by atoms with Gasteiger partial charge in [-0.3, -0.25) is 9.78 Å². The molecule has 0 bridgehead atoms. The number of ether oxygens (including phenoxy) is 3. The van der Waals surface area contributed by atoms with E-state index < -0.39 is 5.97 Å². The van der Waals surface area contributed by atoms with Gasteiger partial charge >= 0.3 is 5.97 Å². The van der Waals surface area contributed by atoms with Crippen LogP contribution in [0.15, 0.2) is 72.8 Å². The van der Waals surface area contributed by atoms with Gasteiger partial charge in [-0.1, -0.05) is 18.2 Å². The van der Waals surface area contributed by atoms with Crippen LogP contribution in [0.4, 0.5) is 0 Å². The summed E-state index contributed by atoms with van der Waals surface area (Å²) in [5.41, 5.74) is 2.55. The molecule has 0 fully saturated rings. The Labute approximate surface area is 167 Å². The molecule has 0 saturated carbocycles. The number of rotatable bonds is 5. The molecule has 0 spiro atoms. The number of pyridine rings is 1. The number of allylic oxidation sites excluding steroid dienone is 1. The molecule has 29 heavy (non-hydrogen) atoms. The van der Waals surface area contributed by atoms with Gasteiger partial charge in [0, 0.05) is 18.5 Å². The van der Waals surface area contributed by atoms with Crippen molar-refractivity contribution in [1.82, 2.24) is 4.98 Å². The average Bonchev–Trinajstić information content (AvgIpc) is 3.07. The van der Waals surface area contributed by atoms with Gasteiger partial charge in [0.2, 0.25) is 5.78 Å². The van der Waals surface area contributed by atoms with E-state index in [1.54, 1.807) is 60.9 Å². The maximum Gasteiger partial charge on any atom is 0.337 e. The number of carbonyl (C=O) groups excluding carboxylic acids is 2. The third-order valence-corrected chi connectivity index (χ3v) is 4.38. The molecule has 1 aliphatic rings.